The normalized spacial score (nSPS) is 13.3. The molecule has 0 saturated carbocycles. The van der Waals surface area contributed by atoms with Gasteiger partial charge in [-0.2, -0.15) is 0 Å². The van der Waals surface area contributed by atoms with E-state index in [0.29, 0.717) is 6.42 Å². The second-order valence-electron chi connectivity index (χ2n) is 6.03. The summed E-state index contributed by atoms with van der Waals surface area (Å²) in [6.45, 7) is 6.61. The molecule has 0 unspecified atom stereocenters. The van der Waals surface area contributed by atoms with Crippen LogP contribution >= 0.6 is 0 Å². The molecule has 0 amide bonds. The number of hydrogen-bond acceptors (Lipinski definition) is 6. The van der Waals surface area contributed by atoms with Gasteiger partial charge in [0.05, 0.1) is 0 Å². The Hall–Kier alpha value is -1.96. The van der Waals surface area contributed by atoms with E-state index in [1.165, 1.54) is 0 Å². The van der Waals surface area contributed by atoms with Crippen molar-refractivity contribution >= 4 is 23.6 Å². The lowest BCUT2D eigenvalue weighted by molar-refractivity contribution is -0.176. The van der Waals surface area contributed by atoms with Gasteiger partial charge in [-0.25, -0.2) is 14.4 Å². The Kier molecular flexibility index (Phi) is 6.69. The van der Waals surface area contributed by atoms with Gasteiger partial charge in [0.25, 0.3) is 5.60 Å². The van der Waals surface area contributed by atoms with Gasteiger partial charge in [-0.15, -0.1) is 0 Å². The van der Waals surface area contributed by atoms with Gasteiger partial charge < -0.3 is 20.1 Å². The summed E-state index contributed by atoms with van der Waals surface area (Å²) in [6.07, 6.45) is -0.432. The van der Waals surface area contributed by atoms with E-state index in [-0.39, 0.29) is 12.1 Å². The van der Waals surface area contributed by atoms with Gasteiger partial charge in [0.15, 0.2) is 0 Å². The summed E-state index contributed by atoms with van der Waals surface area (Å²) < 4.78 is 5.05. The minimum atomic E-state index is -2.93. The molecule has 0 heterocycles. The van der Waals surface area contributed by atoms with E-state index in [1.807, 2.05) is 0 Å². The molecule has 0 aromatic heterocycles. The molecule has 0 rings (SSSR count). The monoisotopic (exact) mass is 317 g/mol. The largest absolute Gasteiger partial charge is 0.479 e. The maximum absolute atomic E-state index is 11.8. The Labute approximate surface area is 128 Å². The van der Waals surface area contributed by atoms with E-state index < -0.39 is 41.4 Å². The number of hydrogen-bond donors (Lipinski definition) is 4. The number of ether oxygens (including phenoxy) is 1. The van der Waals surface area contributed by atoms with Crippen LogP contribution in [0.5, 0.6) is 0 Å². The molecule has 0 aliphatic carbocycles. The minimum Gasteiger partial charge on any atom is -0.479 e. The van der Waals surface area contributed by atoms with E-state index in [4.69, 9.17) is 20.4 Å². The quantitative estimate of drug-likeness (QED) is 0.297. The van der Waals surface area contributed by atoms with Crippen LogP contribution in [-0.4, -0.2) is 50.1 Å². The lowest BCUT2D eigenvalue weighted by Gasteiger charge is -2.24. The molecule has 0 aliphatic heterocycles. The smallest absolute Gasteiger partial charge is 0.352 e. The molecule has 1 atom stereocenters. The highest BCUT2D eigenvalue weighted by Gasteiger charge is 2.45. The second kappa shape index (κ2) is 7.35. The van der Waals surface area contributed by atoms with Crippen LogP contribution in [0.15, 0.2) is 0 Å². The number of aliphatic hydroxyl groups is 1. The predicted octanol–water partition coefficient (Wildman–Crippen LogP) is 1.05. The van der Waals surface area contributed by atoms with Crippen molar-refractivity contribution < 1.29 is 34.4 Å². The van der Waals surface area contributed by atoms with Crippen LogP contribution in [0.25, 0.3) is 0 Å². The summed E-state index contributed by atoms with van der Waals surface area (Å²) in [5, 5.41) is 35.1. The fourth-order valence-corrected chi connectivity index (χ4v) is 1.74. The van der Waals surface area contributed by atoms with Crippen molar-refractivity contribution in [3.05, 3.63) is 0 Å². The highest BCUT2D eigenvalue weighted by atomic mass is 16.6. The van der Waals surface area contributed by atoms with Crippen molar-refractivity contribution in [2.24, 2.45) is 5.92 Å². The highest BCUT2D eigenvalue weighted by molar-refractivity contribution is 6.36. The van der Waals surface area contributed by atoms with Crippen LogP contribution in [0, 0.1) is 11.3 Å². The first-order valence-corrected chi connectivity index (χ1v) is 6.86. The Morgan fingerprint density at radius 3 is 1.91 bits per heavy atom. The highest BCUT2D eigenvalue weighted by Crippen LogP contribution is 2.22. The van der Waals surface area contributed by atoms with Gasteiger partial charge in [0, 0.05) is 5.92 Å². The van der Waals surface area contributed by atoms with Gasteiger partial charge in [0.1, 0.15) is 11.3 Å². The van der Waals surface area contributed by atoms with E-state index in [1.54, 1.807) is 27.7 Å². The third-order valence-electron chi connectivity index (χ3n) is 3.08. The zero-order chi connectivity index (χ0) is 17.7. The molecular formula is C14H23NO7. The first-order chi connectivity index (χ1) is 9.85. The number of carbonyl (C=O) groups excluding carboxylic acids is 1. The van der Waals surface area contributed by atoms with E-state index in [9.17, 15) is 19.5 Å². The summed E-state index contributed by atoms with van der Waals surface area (Å²) in [5.74, 6) is -5.29. The molecule has 0 aromatic carbocycles. The van der Waals surface area contributed by atoms with Crippen LogP contribution in [0.3, 0.4) is 0 Å². The van der Waals surface area contributed by atoms with Gasteiger partial charge in [-0.3, -0.25) is 5.41 Å². The average Bonchev–Trinajstić information content (AvgIpc) is 2.36. The third kappa shape index (κ3) is 5.44. The number of carboxylic acid groups (broad SMARTS) is 2. The average molecular weight is 317 g/mol. The molecule has 0 aromatic rings. The Morgan fingerprint density at radius 2 is 1.59 bits per heavy atom. The molecule has 0 saturated heterocycles. The summed E-state index contributed by atoms with van der Waals surface area (Å²) in [5.41, 5.74) is -4.07. The predicted molar refractivity (Wildman–Crippen MR) is 76.8 cm³/mol. The first-order valence-electron chi connectivity index (χ1n) is 6.86. The summed E-state index contributed by atoms with van der Waals surface area (Å²) in [6, 6.07) is 0. The number of rotatable bonds is 8. The number of carboxylic acids is 2. The first kappa shape index (κ1) is 20.0. The van der Waals surface area contributed by atoms with Crippen molar-refractivity contribution in [1.29, 1.82) is 5.41 Å². The standard InChI is InChI=1S/C14H23NO7/c1-5-8(9(15)10(16)22-13(2,3)4)6-7-14(21,11(17)18)12(19)20/h8,15,21H,5-7H2,1-4H3,(H,17,18)(H,19,20)/t8-/m0/s1. The van der Waals surface area contributed by atoms with Gasteiger partial charge in [0.2, 0.25) is 0 Å². The fourth-order valence-electron chi connectivity index (χ4n) is 1.74. The van der Waals surface area contributed by atoms with Crippen LogP contribution < -0.4 is 0 Å². The zero-order valence-electron chi connectivity index (χ0n) is 13.2. The van der Waals surface area contributed by atoms with Crippen LogP contribution in [0.2, 0.25) is 0 Å². The number of nitrogens with one attached hydrogen (secondary N) is 1. The lowest BCUT2D eigenvalue weighted by Crippen LogP contribution is -2.47. The number of aliphatic carboxylic acids is 2. The molecule has 126 valence electrons. The van der Waals surface area contributed by atoms with Crippen molar-refractivity contribution in [3.8, 4) is 0 Å². The number of carbonyl (C=O) groups is 3. The molecule has 0 bridgehead atoms. The van der Waals surface area contributed by atoms with Crippen molar-refractivity contribution in [3.63, 3.8) is 0 Å². The SMILES string of the molecule is CC[C@@H](CCC(O)(C(=O)O)C(=O)O)C(=N)C(=O)OC(C)(C)C. The Bertz CT molecular complexity index is 450. The van der Waals surface area contributed by atoms with Gasteiger partial charge >= 0.3 is 17.9 Å². The van der Waals surface area contributed by atoms with Gasteiger partial charge in [-0.1, -0.05) is 6.92 Å². The van der Waals surface area contributed by atoms with E-state index in [0.717, 1.165) is 0 Å². The lowest BCUT2D eigenvalue weighted by atomic mass is 9.88. The van der Waals surface area contributed by atoms with Gasteiger partial charge in [-0.05, 0) is 40.0 Å². The molecule has 0 fully saturated rings. The van der Waals surface area contributed by atoms with Crippen molar-refractivity contribution in [2.45, 2.75) is 58.2 Å². The molecule has 4 N–H and O–H groups in total. The summed E-state index contributed by atoms with van der Waals surface area (Å²) in [4.78, 5) is 33.6. The maximum atomic E-state index is 11.8. The Morgan fingerprint density at radius 1 is 1.14 bits per heavy atom. The topological polar surface area (TPSA) is 145 Å². The molecule has 0 aliphatic rings. The third-order valence-corrected chi connectivity index (χ3v) is 3.08. The molecule has 8 nitrogen and oxygen atoms in total. The van der Waals surface area contributed by atoms with Crippen LogP contribution in [-0.2, 0) is 19.1 Å². The molecule has 0 radical (unpaired) electrons. The molecule has 22 heavy (non-hydrogen) atoms. The molecule has 0 spiro atoms. The fraction of sp³-hybridized carbons (Fsp3) is 0.714. The second-order valence-corrected chi connectivity index (χ2v) is 6.03. The molecular weight excluding hydrogens is 294 g/mol. The van der Waals surface area contributed by atoms with Crippen LogP contribution in [0.1, 0.15) is 47.0 Å². The van der Waals surface area contributed by atoms with E-state index >= 15 is 0 Å². The molecule has 8 heteroatoms. The number of esters is 1. The Balaban J connectivity index is 4.93. The summed E-state index contributed by atoms with van der Waals surface area (Å²) in [7, 11) is 0. The van der Waals surface area contributed by atoms with E-state index in [2.05, 4.69) is 0 Å². The maximum Gasteiger partial charge on any atom is 0.352 e. The zero-order valence-corrected chi connectivity index (χ0v) is 13.2. The van der Waals surface area contributed by atoms with Crippen molar-refractivity contribution in [1.82, 2.24) is 0 Å². The van der Waals surface area contributed by atoms with Crippen LogP contribution in [0.4, 0.5) is 0 Å². The summed E-state index contributed by atoms with van der Waals surface area (Å²) >= 11 is 0. The minimum absolute atomic E-state index is 0.135. The van der Waals surface area contributed by atoms with Crippen molar-refractivity contribution in [2.75, 3.05) is 0 Å².